The lowest BCUT2D eigenvalue weighted by Gasteiger charge is -2.31. The molecule has 0 atom stereocenters. The summed E-state index contributed by atoms with van der Waals surface area (Å²) in [5.74, 6) is -4.24. The Hall–Kier alpha value is -5.44. The number of sulfonamides is 1. The number of aromatic nitrogens is 3. The van der Waals surface area contributed by atoms with Crippen LogP contribution in [-0.2, 0) is 24.2 Å². The predicted octanol–water partition coefficient (Wildman–Crippen LogP) is 11.5. The fourth-order valence-corrected chi connectivity index (χ4v) is 8.56. The van der Waals surface area contributed by atoms with E-state index in [1.165, 1.54) is 10.9 Å². The van der Waals surface area contributed by atoms with E-state index in [2.05, 4.69) is 15.0 Å². The van der Waals surface area contributed by atoms with Crippen molar-refractivity contribution >= 4 is 62.3 Å². The number of nitrogens with one attached hydrogen (secondary N) is 2. The maximum atomic E-state index is 16.7. The molecule has 0 aliphatic heterocycles. The Kier molecular flexibility index (Phi) is 14.3. The fourth-order valence-electron chi connectivity index (χ4n) is 6.99. The quantitative estimate of drug-likeness (QED) is 0.120. The summed E-state index contributed by atoms with van der Waals surface area (Å²) in [7, 11) is -4.99. The van der Waals surface area contributed by atoms with E-state index in [1.54, 1.807) is 76.2 Å². The molecule has 1 fully saturated rings. The van der Waals surface area contributed by atoms with Crippen LogP contribution < -0.4 is 19.7 Å². The topological polar surface area (TPSA) is 180 Å². The lowest BCUT2D eigenvalue weighted by molar-refractivity contribution is -0.274. The number of alkyl carbamates (subject to hydrolysis) is 1. The highest BCUT2D eigenvalue weighted by Gasteiger charge is 2.39. The molecule has 1 saturated carbocycles. The van der Waals surface area contributed by atoms with Crippen LogP contribution in [0.15, 0.2) is 41.4 Å². The third-order valence-electron chi connectivity index (χ3n) is 9.46. The van der Waals surface area contributed by atoms with E-state index >= 15 is 8.78 Å². The van der Waals surface area contributed by atoms with E-state index in [0.717, 1.165) is 12.1 Å². The third-order valence-corrected chi connectivity index (χ3v) is 11.3. The zero-order valence-corrected chi connectivity index (χ0v) is 39.2. The summed E-state index contributed by atoms with van der Waals surface area (Å²) >= 11 is 6.02. The molecule has 2 N–H and O–H groups in total. The molecule has 1 aliphatic rings. The van der Waals surface area contributed by atoms with Crippen molar-refractivity contribution in [3.05, 3.63) is 58.7 Å². The SMILES string of the molecule is CC(C)n1nc(-c2cc(F)c(NS(=O)(=O)c3cc(OC(F)(F)F)ccc3Cl)cc2F)c2c(N(C(=O)OC(C)(C)C)C(=O)OC(C)(C)C)ncc(C3CCC(NC(=O)OC(C)(C)C)CC3)c21. The van der Waals surface area contributed by atoms with Crippen LogP contribution in [0.5, 0.6) is 5.75 Å². The zero-order valence-electron chi connectivity index (χ0n) is 37.7. The lowest BCUT2D eigenvalue weighted by Crippen LogP contribution is -2.44. The van der Waals surface area contributed by atoms with Crippen LogP contribution >= 0.6 is 11.6 Å². The Morgan fingerprint density at radius 3 is 1.94 bits per heavy atom. The molecule has 3 amide bonds. The minimum absolute atomic E-state index is 0.0955. The standard InChI is InChI=1S/C43H52ClF5N6O9S/c1-22(2)55-35-27(23-12-14-24(15-13-23)51-37(56)62-40(3,4)5)21-50-36(54(38(57)63-41(6,7)8)39(58)64-42(9,10)11)33(35)34(52-55)26-19-30(46)31(20-29(26)45)53-65(59,60)32-18-25(16-17-28(32)44)61-43(47,48)49/h16-24,53H,12-15H2,1-11H3,(H,51,56). The van der Waals surface area contributed by atoms with Gasteiger partial charge in [-0.3, -0.25) is 9.40 Å². The molecule has 15 nitrogen and oxygen atoms in total. The molecule has 2 aromatic heterocycles. The van der Waals surface area contributed by atoms with Gasteiger partial charge in [0, 0.05) is 36.0 Å². The van der Waals surface area contributed by atoms with Crippen LogP contribution in [0, 0.1) is 11.6 Å². The molecule has 65 heavy (non-hydrogen) atoms. The average Bonchev–Trinajstić information content (AvgIpc) is 3.52. The monoisotopic (exact) mass is 958 g/mol. The number of imide groups is 1. The number of benzene rings is 2. The van der Waals surface area contributed by atoms with Crippen molar-refractivity contribution < 1.29 is 63.7 Å². The van der Waals surface area contributed by atoms with Gasteiger partial charge in [-0.25, -0.2) is 36.6 Å². The molecule has 0 radical (unpaired) electrons. The highest BCUT2D eigenvalue weighted by atomic mass is 35.5. The highest BCUT2D eigenvalue weighted by Crippen LogP contribution is 2.45. The lowest BCUT2D eigenvalue weighted by atomic mass is 9.81. The first-order valence-electron chi connectivity index (χ1n) is 20.5. The maximum Gasteiger partial charge on any atom is 0.573 e. The molecule has 0 spiro atoms. The second kappa shape index (κ2) is 18.4. The second-order valence-corrected chi connectivity index (χ2v) is 20.8. The van der Waals surface area contributed by atoms with Crippen LogP contribution in [0.1, 0.15) is 119 Å². The number of nitrogens with zero attached hydrogens (tertiary/aromatic N) is 4. The zero-order chi connectivity index (χ0) is 48.8. The largest absolute Gasteiger partial charge is 0.573 e. The number of carbonyl (C=O) groups is 3. The Bertz CT molecular complexity index is 2550. The van der Waals surface area contributed by atoms with Gasteiger partial charge in [0.25, 0.3) is 10.0 Å². The van der Waals surface area contributed by atoms with E-state index < -0.39 is 102 Å². The Balaban J connectivity index is 1.70. The molecule has 22 heteroatoms. The van der Waals surface area contributed by atoms with E-state index in [9.17, 15) is 36.0 Å². The van der Waals surface area contributed by atoms with Crippen molar-refractivity contribution in [2.45, 2.75) is 148 Å². The molecular formula is C43H52ClF5N6O9S. The molecule has 0 saturated heterocycles. The second-order valence-electron chi connectivity index (χ2n) is 18.7. The number of pyridine rings is 1. The summed E-state index contributed by atoms with van der Waals surface area (Å²) in [6.45, 7) is 18.2. The van der Waals surface area contributed by atoms with E-state index in [-0.39, 0.29) is 23.0 Å². The van der Waals surface area contributed by atoms with Gasteiger partial charge >= 0.3 is 24.6 Å². The van der Waals surface area contributed by atoms with Gasteiger partial charge in [-0.15, -0.1) is 13.2 Å². The van der Waals surface area contributed by atoms with Gasteiger partial charge < -0.3 is 24.3 Å². The van der Waals surface area contributed by atoms with Crippen molar-refractivity contribution in [2.75, 3.05) is 9.62 Å². The minimum atomic E-state index is -5.19. The number of carbonyl (C=O) groups excluding carboxylic acids is 3. The number of amides is 3. The Labute approximate surface area is 378 Å². The normalized spacial score (nSPS) is 16.3. The summed E-state index contributed by atoms with van der Waals surface area (Å²) in [4.78, 5) is 44.9. The number of anilines is 2. The number of hydrogen-bond donors (Lipinski definition) is 2. The van der Waals surface area contributed by atoms with Gasteiger partial charge in [0.2, 0.25) is 0 Å². The Morgan fingerprint density at radius 1 is 0.846 bits per heavy atom. The van der Waals surface area contributed by atoms with Crippen molar-refractivity contribution in [2.24, 2.45) is 0 Å². The van der Waals surface area contributed by atoms with Crippen molar-refractivity contribution in [3.8, 4) is 17.0 Å². The van der Waals surface area contributed by atoms with Crippen LogP contribution in [-0.4, -0.2) is 70.7 Å². The summed E-state index contributed by atoms with van der Waals surface area (Å²) in [6.07, 6.45) is -4.69. The minimum Gasteiger partial charge on any atom is -0.444 e. The van der Waals surface area contributed by atoms with Crippen LogP contribution in [0.3, 0.4) is 0 Å². The van der Waals surface area contributed by atoms with E-state index in [4.69, 9.17) is 30.9 Å². The van der Waals surface area contributed by atoms with Crippen molar-refractivity contribution in [1.29, 1.82) is 0 Å². The molecule has 2 heterocycles. The highest BCUT2D eigenvalue weighted by molar-refractivity contribution is 7.92. The number of halogens is 6. The smallest absolute Gasteiger partial charge is 0.444 e. The molecule has 1 aliphatic carbocycles. The number of ether oxygens (including phenoxy) is 4. The van der Waals surface area contributed by atoms with Gasteiger partial charge in [-0.05, 0) is 132 Å². The predicted molar refractivity (Wildman–Crippen MR) is 232 cm³/mol. The summed E-state index contributed by atoms with van der Waals surface area (Å²) in [6, 6.07) is 2.43. The first kappa shape index (κ1) is 50.6. The van der Waals surface area contributed by atoms with Crippen LogP contribution in [0.25, 0.3) is 22.2 Å². The first-order chi connectivity index (χ1) is 29.7. The molecule has 4 aromatic rings. The number of alkyl halides is 3. The third kappa shape index (κ3) is 12.7. The average molecular weight is 959 g/mol. The Morgan fingerprint density at radius 2 is 1.42 bits per heavy atom. The van der Waals surface area contributed by atoms with Crippen molar-refractivity contribution in [1.82, 2.24) is 20.1 Å². The van der Waals surface area contributed by atoms with Gasteiger partial charge in [0.15, 0.2) is 5.82 Å². The van der Waals surface area contributed by atoms with Gasteiger partial charge in [0.1, 0.15) is 44.8 Å². The fraction of sp³-hybridized carbons (Fsp3) is 0.512. The number of fused-ring (bicyclic) bond motifs is 1. The van der Waals surface area contributed by atoms with Gasteiger partial charge in [-0.1, -0.05) is 11.6 Å². The first-order valence-corrected chi connectivity index (χ1v) is 22.3. The number of rotatable bonds is 9. The molecule has 0 bridgehead atoms. The van der Waals surface area contributed by atoms with Gasteiger partial charge in [-0.2, -0.15) is 10.00 Å². The summed E-state index contributed by atoms with van der Waals surface area (Å²) in [5, 5.41) is 6.97. The molecule has 2 aromatic carbocycles. The molecular weight excluding hydrogens is 907 g/mol. The van der Waals surface area contributed by atoms with Gasteiger partial charge in [0.05, 0.1) is 21.6 Å². The van der Waals surface area contributed by atoms with E-state index in [0.29, 0.717) is 59.9 Å². The maximum absolute atomic E-state index is 16.7. The number of hydrogen-bond acceptors (Lipinski definition) is 11. The van der Waals surface area contributed by atoms with Crippen molar-refractivity contribution in [3.63, 3.8) is 0 Å². The van der Waals surface area contributed by atoms with E-state index in [1.807, 2.05) is 4.72 Å². The van der Waals surface area contributed by atoms with Crippen LogP contribution in [0.4, 0.5) is 47.8 Å². The van der Waals surface area contributed by atoms with Crippen LogP contribution in [0.2, 0.25) is 5.02 Å². The molecule has 356 valence electrons. The summed E-state index contributed by atoms with van der Waals surface area (Å²) in [5.41, 5.74) is -3.99. The molecule has 0 unspecified atom stereocenters. The summed E-state index contributed by atoms with van der Waals surface area (Å²) < 4.78 is 122. The molecule has 5 rings (SSSR count).